The van der Waals surface area contributed by atoms with Crippen LogP contribution in [-0.2, 0) is 20.2 Å². The highest BCUT2D eigenvalue weighted by Gasteiger charge is 2.15. The number of rotatable bonds is 6. The van der Waals surface area contributed by atoms with Crippen LogP contribution in [0, 0.1) is 0 Å². The van der Waals surface area contributed by atoms with Crippen LogP contribution < -0.4 is 19.9 Å². The van der Waals surface area contributed by atoms with Crippen molar-refractivity contribution in [2.24, 2.45) is 12.8 Å². The van der Waals surface area contributed by atoms with E-state index in [1.165, 1.54) is 4.80 Å². The van der Waals surface area contributed by atoms with Gasteiger partial charge in [0.25, 0.3) is 0 Å². The first-order valence-corrected chi connectivity index (χ1v) is 5.98. The van der Waals surface area contributed by atoms with E-state index < -0.39 is 0 Å². The summed E-state index contributed by atoms with van der Waals surface area (Å²) in [4.78, 5) is 1.37. The van der Waals surface area contributed by atoms with Crippen LogP contribution in [0.25, 0.3) is 0 Å². The third-order valence-corrected chi connectivity index (χ3v) is 2.65. The smallest absolute Gasteiger partial charge is 0.212 e. The maximum absolute atomic E-state index is 5.68. The summed E-state index contributed by atoms with van der Waals surface area (Å²) in [6.07, 6.45) is 0. The molecule has 1 aromatic carbocycles. The van der Waals surface area contributed by atoms with E-state index in [1.54, 1.807) is 21.3 Å². The van der Waals surface area contributed by atoms with E-state index in [0.717, 1.165) is 5.56 Å². The Hall–Kier alpha value is -2.35. The van der Waals surface area contributed by atoms with Gasteiger partial charge in [0.2, 0.25) is 11.6 Å². The highest BCUT2D eigenvalue weighted by Crippen LogP contribution is 2.38. The molecular formula is C12H17N5O3. The van der Waals surface area contributed by atoms with Crippen LogP contribution in [-0.4, -0.2) is 34.4 Å². The van der Waals surface area contributed by atoms with Crippen LogP contribution in [0.5, 0.6) is 17.2 Å². The Bertz CT molecular complexity index is 559. The standard InChI is InChI=1S/C12H17N5O3/c1-17-15-11(14-16-17)7-20-12-9(18-2)4-8(6-13)5-10(12)19-3/h4-5H,6-7,13H2,1-3H3. The molecule has 20 heavy (non-hydrogen) atoms. The molecule has 0 saturated heterocycles. The van der Waals surface area contributed by atoms with Gasteiger partial charge >= 0.3 is 0 Å². The van der Waals surface area contributed by atoms with Gasteiger partial charge in [-0.2, -0.15) is 4.80 Å². The molecule has 2 N–H and O–H groups in total. The molecule has 2 aromatic rings. The summed E-state index contributed by atoms with van der Waals surface area (Å²) in [5.41, 5.74) is 6.52. The fourth-order valence-electron chi connectivity index (χ4n) is 1.71. The minimum Gasteiger partial charge on any atom is -0.493 e. The highest BCUT2D eigenvalue weighted by atomic mass is 16.5. The Morgan fingerprint density at radius 3 is 2.30 bits per heavy atom. The molecule has 0 fully saturated rings. The Kier molecular flexibility index (Phi) is 4.36. The van der Waals surface area contributed by atoms with Gasteiger partial charge in [-0.25, -0.2) is 0 Å². The highest BCUT2D eigenvalue weighted by molar-refractivity contribution is 5.53. The van der Waals surface area contributed by atoms with Crippen LogP contribution in [0.15, 0.2) is 12.1 Å². The normalized spacial score (nSPS) is 10.4. The van der Waals surface area contributed by atoms with Crippen molar-refractivity contribution in [3.05, 3.63) is 23.5 Å². The van der Waals surface area contributed by atoms with Crippen molar-refractivity contribution >= 4 is 0 Å². The van der Waals surface area contributed by atoms with E-state index in [9.17, 15) is 0 Å². The van der Waals surface area contributed by atoms with Gasteiger partial charge in [-0.05, 0) is 22.9 Å². The third kappa shape index (κ3) is 2.97. The predicted octanol–water partition coefficient (Wildman–Crippen LogP) is 0.265. The van der Waals surface area contributed by atoms with Crippen LogP contribution in [0.4, 0.5) is 0 Å². The number of nitrogens with zero attached hydrogens (tertiary/aromatic N) is 4. The lowest BCUT2D eigenvalue weighted by Gasteiger charge is -2.14. The first-order valence-electron chi connectivity index (χ1n) is 5.98. The molecule has 0 amide bonds. The second-order valence-electron chi connectivity index (χ2n) is 4.02. The number of ether oxygens (including phenoxy) is 3. The molecule has 8 nitrogen and oxygen atoms in total. The number of methoxy groups -OCH3 is 2. The largest absolute Gasteiger partial charge is 0.493 e. The molecule has 0 aliphatic carbocycles. The second-order valence-corrected chi connectivity index (χ2v) is 4.02. The van der Waals surface area contributed by atoms with Crippen LogP contribution in [0.3, 0.4) is 0 Å². The maximum atomic E-state index is 5.68. The lowest BCUT2D eigenvalue weighted by molar-refractivity contribution is 0.258. The van der Waals surface area contributed by atoms with Crippen LogP contribution in [0.2, 0.25) is 0 Å². The molecule has 1 aromatic heterocycles. The quantitative estimate of drug-likeness (QED) is 0.810. The number of hydrogen-bond donors (Lipinski definition) is 1. The SMILES string of the molecule is COc1cc(CN)cc(OC)c1OCc1nnn(C)n1. The third-order valence-electron chi connectivity index (χ3n) is 2.65. The van der Waals surface area contributed by atoms with Gasteiger partial charge in [0.05, 0.1) is 21.3 Å². The van der Waals surface area contributed by atoms with Crippen molar-refractivity contribution in [2.75, 3.05) is 14.2 Å². The van der Waals surface area contributed by atoms with Crippen molar-refractivity contribution in [2.45, 2.75) is 13.2 Å². The van der Waals surface area contributed by atoms with Gasteiger partial charge in [-0.1, -0.05) is 0 Å². The molecule has 0 bridgehead atoms. The van der Waals surface area contributed by atoms with E-state index in [2.05, 4.69) is 15.4 Å². The second kappa shape index (κ2) is 6.20. The summed E-state index contributed by atoms with van der Waals surface area (Å²) in [5.74, 6) is 2.06. The van der Waals surface area contributed by atoms with E-state index in [0.29, 0.717) is 29.6 Å². The van der Waals surface area contributed by atoms with Crippen molar-refractivity contribution in [1.29, 1.82) is 0 Å². The zero-order chi connectivity index (χ0) is 14.5. The first-order chi connectivity index (χ1) is 9.67. The van der Waals surface area contributed by atoms with Gasteiger partial charge < -0.3 is 19.9 Å². The van der Waals surface area contributed by atoms with Gasteiger partial charge in [0.1, 0.15) is 0 Å². The molecule has 0 aliphatic heterocycles. The van der Waals surface area contributed by atoms with E-state index in [-0.39, 0.29) is 6.61 Å². The molecule has 108 valence electrons. The van der Waals surface area contributed by atoms with Crippen molar-refractivity contribution in [3.8, 4) is 17.2 Å². The molecule has 8 heteroatoms. The molecule has 0 spiro atoms. The van der Waals surface area contributed by atoms with Crippen molar-refractivity contribution in [3.63, 3.8) is 0 Å². The Balaban J connectivity index is 2.24. The zero-order valence-electron chi connectivity index (χ0n) is 11.7. The monoisotopic (exact) mass is 279 g/mol. The minimum absolute atomic E-state index is 0.169. The predicted molar refractivity (Wildman–Crippen MR) is 70.6 cm³/mol. The molecular weight excluding hydrogens is 262 g/mol. The molecule has 0 radical (unpaired) electrons. The summed E-state index contributed by atoms with van der Waals surface area (Å²) < 4.78 is 16.3. The fourth-order valence-corrected chi connectivity index (χ4v) is 1.71. The van der Waals surface area contributed by atoms with Gasteiger partial charge in [-0.3, -0.25) is 0 Å². The summed E-state index contributed by atoms with van der Waals surface area (Å²) in [5, 5.41) is 11.6. The van der Waals surface area contributed by atoms with Gasteiger partial charge in [0, 0.05) is 6.54 Å². The molecule has 1 heterocycles. The average molecular weight is 279 g/mol. The van der Waals surface area contributed by atoms with E-state index in [1.807, 2.05) is 12.1 Å². The lowest BCUT2D eigenvalue weighted by atomic mass is 10.2. The topological polar surface area (TPSA) is 97.3 Å². The number of tetrazole rings is 1. The van der Waals surface area contributed by atoms with Crippen molar-refractivity contribution in [1.82, 2.24) is 20.2 Å². The number of aromatic nitrogens is 4. The van der Waals surface area contributed by atoms with Crippen LogP contribution >= 0.6 is 0 Å². The van der Waals surface area contributed by atoms with E-state index >= 15 is 0 Å². The van der Waals surface area contributed by atoms with Gasteiger partial charge in [0.15, 0.2) is 18.1 Å². The average Bonchev–Trinajstić information content (AvgIpc) is 2.89. The molecule has 2 rings (SSSR count). The zero-order valence-corrected chi connectivity index (χ0v) is 11.7. The summed E-state index contributed by atoms with van der Waals surface area (Å²) in [7, 11) is 4.80. The van der Waals surface area contributed by atoms with E-state index in [4.69, 9.17) is 19.9 Å². The number of hydrogen-bond acceptors (Lipinski definition) is 7. The summed E-state index contributed by atoms with van der Waals surface area (Å²) in [6.45, 7) is 0.557. The maximum Gasteiger partial charge on any atom is 0.212 e. The Morgan fingerprint density at radius 1 is 1.20 bits per heavy atom. The summed E-state index contributed by atoms with van der Waals surface area (Å²) in [6, 6.07) is 3.61. The van der Waals surface area contributed by atoms with Gasteiger partial charge in [-0.15, -0.1) is 10.2 Å². The van der Waals surface area contributed by atoms with Crippen LogP contribution in [0.1, 0.15) is 11.4 Å². The number of nitrogens with two attached hydrogens (primary N) is 1. The fraction of sp³-hybridized carbons (Fsp3) is 0.417. The lowest BCUT2D eigenvalue weighted by Crippen LogP contribution is -2.04. The number of aryl methyl sites for hydroxylation is 1. The Labute approximate surface area is 116 Å². The first kappa shape index (κ1) is 14.1. The Morgan fingerprint density at radius 2 is 1.85 bits per heavy atom. The molecule has 0 unspecified atom stereocenters. The minimum atomic E-state index is 0.169. The van der Waals surface area contributed by atoms with Crippen molar-refractivity contribution < 1.29 is 14.2 Å². The summed E-state index contributed by atoms with van der Waals surface area (Å²) >= 11 is 0. The molecule has 0 saturated carbocycles. The number of benzene rings is 1. The molecule has 0 atom stereocenters. The molecule has 0 aliphatic rings.